The van der Waals surface area contributed by atoms with Gasteiger partial charge in [0.05, 0.1) is 19.6 Å². The number of carbonyl (C=O) groups excluding carboxylic acids is 2. The number of anilines is 1. The Morgan fingerprint density at radius 3 is 2.66 bits per heavy atom. The van der Waals surface area contributed by atoms with E-state index in [1.807, 2.05) is 31.2 Å². The van der Waals surface area contributed by atoms with E-state index in [4.69, 9.17) is 9.47 Å². The molecule has 2 aromatic carbocycles. The first-order valence-corrected chi connectivity index (χ1v) is 10.8. The van der Waals surface area contributed by atoms with Gasteiger partial charge in [-0.15, -0.1) is 11.8 Å². The van der Waals surface area contributed by atoms with Gasteiger partial charge in [-0.3, -0.25) is 9.59 Å². The van der Waals surface area contributed by atoms with Crippen molar-refractivity contribution in [2.24, 2.45) is 0 Å². The fraction of sp³-hybridized carbons (Fsp3) is 0.364. The number of rotatable bonds is 8. The van der Waals surface area contributed by atoms with Crippen LogP contribution in [-0.4, -0.2) is 48.1 Å². The predicted octanol–water partition coefficient (Wildman–Crippen LogP) is 3.57. The van der Waals surface area contributed by atoms with Gasteiger partial charge < -0.3 is 19.7 Å². The topological polar surface area (TPSA) is 67.9 Å². The average Bonchev–Trinajstić information content (AvgIpc) is 3.24. The van der Waals surface area contributed by atoms with Crippen molar-refractivity contribution in [2.45, 2.75) is 25.8 Å². The Kier molecular flexibility index (Phi) is 7.41. The van der Waals surface area contributed by atoms with Crippen LogP contribution in [0.4, 0.5) is 5.69 Å². The number of carbonyl (C=O) groups is 2. The van der Waals surface area contributed by atoms with Crippen molar-refractivity contribution in [1.82, 2.24) is 4.90 Å². The number of thioether (sulfide) groups is 1. The lowest BCUT2D eigenvalue weighted by Crippen LogP contribution is -2.44. The molecule has 1 N–H and O–H groups in total. The highest BCUT2D eigenvalue weighted by Crippen LogP contribution is 2.25. The minimum absolute atomic E-state index is 0.0174. The highest BCUT2D eigenvalue weighted by Gasteiger charge is 2.34. The highest BCUT2D eigenvalue weighted by atomic mass is 32.2. The van der Waals surface area contributed by atoms with Crippen molar-refractivity contribution in [3.63, 3.8) is 0 Å². The molecule has 0 saturated carbocycles. The third-order valence-electron chi connectivity index (χ3n) is 4.74. The smallest absolute Gasteiger partial charge is 0.248 e. The Hall–Kier alpha value is -2.67. The molecule has 2 aromatic rings. The molecule has 1 atom stereocenters. The number of hydrogen-bond acceptors (Lipinski definition) is 5. The van der Waals surface area contributed by atoms with E-state index in [1.54, 1.807) is 48.0 Å². The molecule has 1 heterocycles. The molecular formula is C22H26N2O4S. The quantitative estimate of drug-likeness (QED) is 0.715. The summed E-state index contributed by atoms with van der Waals surface area (Å²) in [5.41, 5.74) is 1.69. The van der Waals surface area contributed by atoms with Crippen LogP contribution < -0.4 is 14.8 Å². The third-order valence-corrected chi connectivity index (χ3v) is 5.76. The molecule has 0 radical (unpaired) electrons. The molecule has 0 aromatic heterocycles. The number of benzene rings is 2. The molecule has 1 unspecified atom stereocenters. The standard InChI is InChI=1S/C22H26N2O4S/c1-3-28-20-7-5-4-6-16(20)8-13-21(25)24-15-29-14-19(24)22(26)23-17-9-11-18(27-2)12-10-17/h4-7,9-12,19H,3,8,13-15H2,1-2H3,(H,23,26). The number of amides is 2. The summed E-state index contributed by atoms with van der Waals surface area (Å²) in [6.07, 6.45) is 0.931. The molecule has 1 saturated heterocycles. The lowest BCUT2D eigenvalue weighted by Gasteiger charge is -2.23. The molecule has 0 spiro atoms. The van der Waals surface area contributed by atoms with E-state index >= 15 is 0 Å². The molecule has 1 fully saturated rings. The molecule has 3 rings (SSSR count). The van der Waals surface area contributed by atoms with Gasteiger partial charge in [0.1, 0.15) is 17.5 Å². The Labute approximate surface area is 175 Å². The molecule has 1 aliphatic rings. The summed E-state index contributed by atoms with van der Waals surface area (Å²) < 4.78 is 10.8. The van der Waals surface area contributed by atoms with Crippen LogP contribution in [0.1, 0.15) is 18.9 Å². The van der Waals surface area contributed by atoms with E-state index < -0.39 is 6.04 Å². The average molecular weight is 415 g/mol. The van der Waals surface area contributed by atoms with E-state index in [9.17, 15) is 9.59 Å². The number of para-hydroxylation sites is 1. The van der Waals surface area contributed by atoms with Crippen molar-refractivity contribution >= 4 is 29.3 Å². The Morgan fingerprint density at radius 1 is 1.17 bits per heavy atom. The zero-order valence-electron chi connectivity index (χ0n) is 16.7. The SMILES string of the molecule is CCOc1ccccc1CCC(=O)N1CSCC1C(=O)Nc1ccc(OC)cc1. The van der Waals surface area contributed by atoms with Gasteiger partial charge in [0, 0.05) is 17.9 Å². The van der Waals surface area contributed by atoms with Crippen LogP contribution in [0.3, 0.4) is 0 Å². The number of methoxy groups -OCH3 is 1. The number of nitrogens with zero attached hydrogens (tertiary/aromatic N) is 1. The second-order valence-electron chi connectivity index (χ2n) is 6.64. The van der Waals surface area contributed by atoms with E-state index in [1.165, 1.54) is 0 Å². The molecule has 29 heavy (non-hydrogen) atoms. The van der Waals surface area contributed by atoms with Crippen LogP contribution in [0, 0.1) is 0 Å². The molecule has 154 valence electrons. The number of aryl methyl sites for hydroxylation is 1. The molecule has 7 heteroatoms. The third kappa shape index (κ3) is 5.44. The number of ether oxygens (including phenoxy) is 2. The van der Waals surface area contributed by atoms with Crippen molar-refractivity contribution in [3.05, 3.63) is 54.1 Å². The van der Waals surface area contributed by atoms with Gasteiger partial charge in [0.15, 0.2) is 0 Å². The minimum Gasteiger partial charge on any atom is -0.497 e. The van der Waals surface area contributed by atoms with Crippen LogP contribution >= 0.6 is 11.8 Å². The summed E-state index contributed by atoms with van der Waals surface area (Å²) in [7, 11) is 1.60. The summed E-state index contributed by atoms with van der Waals surface area (Å²) >= 11 is 1.60. The monoisotopic (exact) mass is 414 g/mol. The Morgan fingerprint density at radius 2 is 1.93 bits per heavy atom. The van der Waals surface area contributed by atoms with Crippen molar-refractivity contribution in [3.8, 4) is 11.5 Å². The largest absolute Gasteiger partial charge is 0.497 e. The normalized spacial score (nSPS) is 15.8. The zero-order chi connectivity index (χ0) is 20.6. The molecule has 2 amide bonds. The van der Waals surface area contributed by atoms with Gasteiger partial charge in [0.25, 0.3) is 0 Å². The lowest BCUT2D eigenvalue weighted by molar-refractivity contribution is -0.136. The number of hydrogen-bond donors (Lipinski definition) is 1. The van der Waals surface area contributed by atoms with Gasteiger partial charge in [-0.25, -0.2) is 0 Å². The van der Waals surface area contributed by atoms with Gasteiger partial charge in [-0.2, -0.15) is 0 Å². The van der Waals surface area contributed by atoms with Crippen LogP contribution in [0.2, 0.25) is 0 Å². The second kappa shape index (κ2) is 10.2. The molecule has 1 aliphatic heterocycles. The maximum absolute atomic E-state index is 12.8. The summed E-state index contributed by atoms with van der Waals surface area (Å²) in [6.45, 7) is 2.52. The minimum atomic E-state index is -0.461. The fourth-order valence-corrected chi connectivity index (χ4v) is 4.38. The van der Waals surface area contributed by atoms with Crippen LogP contribution in [-0.2, 0) is 16.0 Å². The first kappa shape index (κ1) is 21.0. The summed E-state index contributed by atoms with van der Waals surface area (Å²) in [6, 6.07) is 14.5. The van der Waals surface area contributed by atoms with Crippen molar-refractivity contribution in [2.75, 3.05) is 30.7 Å². The van der Waals surface area contributed by atoms with Gasteiger partial charge in [-0.1, -0.05) is 18.2 Å². The molecule has 6 nitrogen and oxygen atoms in total. The van der Waals surface area contributed by atoms with Crippen LogP contribution in [0.15, 0.2) is 48.5 Å². The van der Waals surface area contributed by atoms with Gasteiger partial charge >= 0.3 is 0 Å². The number of nitrogens with one attached hydrogen (secondary N) is 1. The summed E-state index contributed by atoms with van der Waals surface area (Å²) in [5, 5.41) is 2.90. The van der Waals surface area contributed by atoms with Crippen molar-refractivity contribution in [1.29, 1.82) is 0 Å². The molecule has 0 bridgehead atoms. The van der Waals surface area contributed by atoms with Crippen molar-refractivity contribution < 1.29 is 19.1 Å². The zero-order valence-corrected chi connectivity index (χ0v) is 17.5. The summed E-state index contributed by atoms with van der Waals surface area (Å²) in [4.78, 5) is 27.2. The van der Waals surface area contributed by atoms with Gasteiger partial charge in [0.2, 0.25) is 11.8 Å². The maximum atomic E-state index is 12.8. The highest BCUT2D eigenvalue weighted by molar-refractivity contribution is 7.99. The first-order chi connectivity index (χ1) is 14.1. The molecule has 0 aliphatic carbocycles. The fourth-order valence-electron chi connectivity index (χ4n) is 3.20. The van der Waals surface area contributed by atoms with Crippen LogP contribution in [0.25, 0.3) is 0 Å². The first-order valence-electron chi connectivity index (χ1n) is 9.65. The van der Waals surface area contributed by atoms with E-state index in [0.29, 0.717) is 36.8 Å². The van der Waals surface area contributed by atoms with E-state index in [2.05, 4.69) is 5.32 Å². The van der Waals surface area contributed by atoms with Crippen LogP contribution in [0.5, 0.6) is 11.5 Å². The predicted molar refractivity (Wildman–Crippen MR) is 116 cm³/mol. The Bertz CT molecular complexity index is 841. The molecular weight excluding hydrogens is 388 g/mol. The lowest BCUT2D eigenvalue weighted by atomic mass is 10.1. The Balaban J connectivity index is 1.59. The second-order valence-corrected chi connectivity index (χ2v) is 7.64. The maximum Gasteiger partial charge on any atom is 0.248 e. The van der Waals surface area contributed by atoms with E-state index in [-0.39, 0.29) is 11.8 Å². The van der Waals surface area contributed by atoms with Gasteiger partial charge in [-0.05, 0) is 49.2 Å². The van der Waals surface area contributed by atoms with E-state index in [0.717, 1.165) is 17.1 Å². The summed E-state index contributed by atoms with van der Waals surface area (Å²) in [5.74, 6) is 2.49.